The number of rotatable bonds is 4. The molecule has 1 unspecified atom stereocenters. The molecule has 0 aliphatic rings. The van der Waals surface area contributed by atoms with Crippen molar-refractivity contribution in [1.29, 1.82) is 0 Å². The Balaban J connectivity index is 2.54. The number of hydrogen-bond donors (Lipinski definition) is 2. The van der Waals surface area contributed by atoms with Crippen LogP contribution in [0.3, 0.4) is 0 Å². The molecule has 0 aliphatic carbocycles. The van der Waals surface area contributed by atoms with E-state index in [1.807, 2.05) is 6.92 Å². The number of aromatic nitrogens is 2. The molecule has 1 aromatic heterocycles. The zero-order valence-corrected chi connectivity index (χ0v) is 12.9. The summed E-state index contributed by atoms with van der Waals surface area (Å²) < 4.78 is 6.38. The minimum absolute atomic E-state index is 0.000139. The standard InChI is InChI=1S/C14H18BrN3O/c1-8-4-9(2)13(19-3)10(5-8)11(6-16)14-17-7-12(15)18-14/h4-5,7,11H,6,16H2,1-3H3,(H,17,18). The second kappa shape index (κ2) is 5.75. The van der Waals surface area contributed by atoms with E-state index in [-0.39, 0.29) is 5.92 Å². The number of nitrogens with one attached hydrogen (secondary N) is 1. The predicted octanol–water partition coefficient (Wildman–Crippen LogP) is 2.89. The molecule has 1 atom stereocenters. The van der Waals surface area contributed by atoms with Crippen LogP contribution in [0.4, 0.5) is 0 Å². The fourth-order valence-corrected chi connectivity index (χ4v) is 2.71. The summed E-state index contributed by atoms with van der Waals surface area (Å²) in [6.07, 6.45) is 1.74. The maximum absolute atomic E-state index is 5.94. The molecule has 0 radical (unpaired) electrons. The number of halogens is 1. The van der Waals surface area contributed by atoms with Crippen molar-refractivity contribution in [3.63, 3.8) is 0 Å². The van der Waals surface area contributed by atoms with Crippen LogP contribution in [0, 0.1) is 13.8 Å². The normalized spacial score (nSPS) is 12.5. The lowest BCUT2D eigenvalue weighted by atomic mass is 9.93. The summed E-state index contributed by atoms with van der Waals surface area (Å²) in [5.41, 5.74) is 9.32. The fourth-order valence-electron chi connectivity index (χ4n) is 2.40. The summed E-state index contributed by atoms with van der Waals surface area (Å²) in [6.45, 7) is 4.59. The van der Waals surface area contributed by atoms with E-state index in [1.165, 1.54) is 5.56 Å². The van der Waals surface area contributed by atoms with Gasteiger partial charge in [0.25, 0.3) is 0 Å². The van der Waals surface area contributed by atoms with Gasteiger partial charge >= 0.3 is 0 Å². The molecule has 0 aliphatic heterocycles. The summed E-state index contributed by atoms with van der Waals surface area (Å²) in [7, 11) is 1.69. The maximum atomic E-state index is 5.94. The predicted molar refractivity (Wildman–Crippen MR) is 79.7 cm³/mol. The second-order valence-corrected chi connectivity index (χ2v) is 5.46. The zero-order chi connectivity index (χ0) is 14.0. The summed E-state index contributed by atoms with van der Waals surface area (Å²) in [5.74, 6) is 1.73. The maximum Gasteiger partial charge on any atom is 0.125 e. The van der Waals surface area contributed by atoms with Crippen molar-refractivity contribution >= 4 is 15.9 Å². The minimum atomic E-state index is -0.000139. The molecule has 1 aromatic carbocycles. The Kier molecular flexibility index (Phi) is 4.27. The van der Waals surface area contributed by atoms with Crippen LogP contribution in [-0.2, 0) is 0 Å². The molecule has 19 heavy (non-hydrogen) atoms. The van der Waals surface area contributed by atoms with E-state index in [1.54, 1.807) is 13.3 Å². The number of nitrogens with two attached hydrogens (primary N) is 1. The second-order valence-electron chi connectivity index (χ2n) is 4.61. The first-order valence-electron chi connectivity index (χ1n) is 6.12. The monoisotopic (exact) mass is 323 g/mol. The van der Waals surface area contributed by atoms with Crippen LogP contribution < -0.4 is 10.5 Å². The van der Waals surface area contributed by atoms with Crippen molar-refractivity contribution in [3.8, 4) is 5.75 Å². The molecule has 102 valence electrons. The van der Waals surface area contributed by atoms with E-state index in [9.17, 15) is 0 Å². The highest BCUT2D eigenvalue weighted by atomic mass is 79.9. The Morgan fingerprint density at radius 3 is 2.68 bits per heavy atom. The molecule has 0 amide bonds. The van der Waals surface area contributed by atoms with Crippen LogP contribution in [0.5, 0.6) is 5.75 Å². The molecule has 2 rings (SSSR count). The van der Waals surface area contributed by atoms with Gasteiger partial charge in [0.2, 0.25) is 0 Å². The summed E-state index contributed by atoms with van der Waals surface area (Å²) in [6, 6.07) is 4.22. The Hall–Kier alpha value is -1.33. The third-order valence-corrected chi connectivity index (χ3v) is 3.56. The number of ether oxygens (including phenoxy) is 1. The Morgan fingerprint density at radius 1 is 1.42 bits per heavy atom. The molecule has 3 N–H and O–H groups in total. The SMILES string of the molecule is COc1c(C)cc(C)cc1C(CN)c1ncc(Br)[nH]1. The van der Waals surface area contributed by atoms with Gasteiger partial charge in [0, 0.05) is 12.1 Å². The van der Waals surface area contributed by atoms with E-state index < -0.39 is 0 Å². The number of aryl methyl sites for hydroxylation is 2. The van der Waals surface area contributed by atoms with Gasteiger partial charge in [-0.25, -0.2) is 4.98 Å². The molecular weight excluding hydrogens is 306 g/mol. The zero-order valence-electron chi connectivity index (χ0n) is 11.3. The third kappa shape index (κ3) is 2.82. The van der Waals surface area contributed by atoms with E-state index in [0.717, 1.165) is 27.3 Å². The molecule has 1 heterocycles. The molecule has 4 nitrogen and oxygen atoms in total. The smallest absolute Gasteiger partial charge is 0.125 e. The Bertz CT molecular complexity index is 580. The first-order chi connectivity index (χ1) is 9.06. The molecule has 0 saturated heterocycles. The summed E-state index contributed by atoms with van der Waals surface area (Å²) in [5, 5.41) is 0. The van der Waals surface area contributed by atoms with Gasteiger partial charge in [-0.3, -0.25) is 0 Å². The first kappa shape index (κ1) is 14.1. The Morgan fingerprint density at radius 2 is 2.16 bits per heavy atom. The van der Waals surface area contributed by atoms with E-state index in [4.69, 9.17) is 10.5 Å². The quantitative estimate of drug-likeness (QED) is 0.909. The average Bonchev–Trinajstić information content (AvgIpc) is 2.76. The molecule has 0 spiro atoms. The lowest BCUT2D eigenvalue weighted by Gasteiger charge is -2.19. The highest BCUT2D eigenvalue weighted by Crippen LogP contribution is 2.33. The first-order valence-corrected chi connectivity index (χ1v) is 6.91. The van der Waals surface area contributed by atoms with Crippen molar-refractivity contribution in [1.82, 2.24) is 9.97 Å². The minimum Gasteiger partial charge on any atom is -0.496 e. The van der Waals surface area contributed by atoms with Crippen LogP contribution in [-0.4, -0.2) is 23.6 Å². The van der Waals surface area contributed by atoms with E-state index >= 15 is 0 Å². The van der Waals surface area contributed by atoms with Gasteiger partial charge in [-0.1, -0.05) is 17.7 Å². The number of imidazole rings is 1. The van der Waals surface area contributed by atoms with Gasteiger partial charge in [0.15, 0.2) is 0 Å². The number of hydrogen-bond acceptors (Lipinski definition) is 3. The highest BCUT2D eigenvalue weighted by molar-refractivity contribution is 9.10. The van der Waals surface area contributed by atoms with Crippen LogP contribution in [0.2, 0.25) is 0 Å². The van der Waals surface area contributed by atoms with Crippen LogP contribution in [0.25, 0.3) is 0 Å². The Labute approximate surface area is 121 Å². The van der Waals surface area contributed by atoms with Gasteiger partial charge in [0.05, 0.1) is 19.2 Å². The number of nitrogens with zero attached hydrogens (tertiary/aromatic N) is 1. The van der Waals surface area contributed by atoms with Gasteiger partial charge < -0.3 is 15.5 Å². The number of benzene rings is 1. The molecule has 0 saturated carbocycles. The molecule has 2 aromatic rings. The molecule has 5 heteroatoms. The number of methoxy groups -OCH3 is 1. The van der Waals surface area contributed by atoms with Crippen molar-refractivity contribution in [3.05, 3.63) is 45.4 Å². The lowest BCUT2D eigenvalue weighted by molar-refractivity contribution is 0.404. The summed E-state index contributed by atoms with van der Waals surface area (Å²) >= 11 is 3.38. The molecule has 0 bridgehead atoms. The number of H-pyrrole nitrogens is 1. The van der Waals surface area contributed by atoms with Gasteiger partial charge in [-0.15, -0.1) is 0 Å². The highest BCUT2D eigenvalue weighted by Gasteiger charge is 2.21. The third-order valence-electron chi connectivity index (χ3n) is 3.16. The number of aromatic amines is 1. The molecule has 0 fully saturated rings. The lowest BCUT2D eigenvalue weighted by Crippen LogP contribution is -2.16. The summed E-state index contributed by atoms with van der Waals surface area (Å²) in [4.78, 5) is 7.55. The fraction of sp³-hybridized carbons (Fsp3) is 0.357. The van der Waals surface area contributed by atoms with Crippen molar-refractivity contribution in [2.45, 2.75) is 19.8 Å². The van der Waals surface area contributed by atoms with Crippen LogP contribution >= 0.6 is 15.9 Å². The van der Waals surface area contributed by atoms with Crippen LogP contribution in [0.15, 0.2) is 22.9 Å². The van der Waals surface area contributed by atoms with Gasteiger partial charge in [-0.05, 0) is 35.3 Å². The van der Waals surface area contributed by atoms with E-state index in [0.29, 0.717) is 6.54 Å². The largest absolute Gasteiger partial charge is 0.496 e. The van der Waals surface area contributed by atoms with Crippen molar-refractivity contribution in [2.24, 2.45) is 5.73 Å². The van der Waals surface area contributed by atoms with Gasteiger partial charge in [-0.2, -0.15) is 0 Å². The average molecular weight is 324 g/mol. The van der Waals surface area contributed by atoms with Gasteiger partial charge in [0.1, 0.15) is 16.2 Å². The van der Waals surface area contributed by atoms with Crippen molar-refractivity contribution in [2.75, 3.05) is 13.7 Å². The topological polar surface area (TPSA) is 63.9 Å². The van der Waals surface area contributed by atoms with E-state index in [2.05, 4.69) is 45.0 Å². The van der Waals surface area contributed by atoms with Crippen LogP contribution in [0.1, 0.15) is 28.4 Å². The van der Waals surface area contributed by atoms with Crippen molar-refractivity contribution < 1.29 is 4.74 Å². The molecular formula is C14H18BrN3O.